The van der Waals surface area contributed by atoms with Gasteiger partial charge in [-0.3, -0.25) is 14.4 Å². The lowest BCUT2D eigenvalue weighted by Crippen LogP contribution is -2.52. The molecule has 184 valence electrons. The summed E-state index contributed by atoms with van der Waals surface area (Å²) >= 11 is 0. The maximum absolute atomic E-state index is 14.1. The molecular weight excluding hydrogens is 452 g/mol. The van der Waals surface area contributed by atoms with E-state index in [1.807, 2.05) is 70.5 Å². The van der Waals surface area contributed by atoms with E-state index in [2.05, 4.69) is 6.07 Å². The van der Waals surface area contributed by atoms with E-state index in [0.29, 0.717) is 5.56 Å². The molecule has 0 bridgehead atoms. The average molecular weight is 483 g/mol. The van der Waals surface area contributed by atoms with Gasteiger partial charge in [0, 0.05) is 35.7 Å². The summed E-state index contributed by atoms with van der Waals surface area (Å²) in [7, 11) is 0. The van der Waals surface area contributed by atoms with Gasteiger partial charge >= 0.3 is 5.97 Å². The highest BCUT2D eigenvalue weighted by Gasteiger charge is 2.51. The molecule has 0 aromatic heterocycles. The fraction of sp³-hybridized carbons (Fsp3) is 0.367. The Morgan fingerprint density at radius 2 is 1.61 bits per heavy atom. The van der Waals surface area contributed by atoms with Crippen molar-refractivity contribution in [1.82, 2.24) is 4.90 Å². The van der Waals surface area contributed by atoms with E-state index in [-0.39, 0.29) is 48.7 Å². The molecule has 2 amide bonds. The third-order valence-corrected chi connectivity index (χ3v) is 8.08. The molecule has 3 atom stereocenters. The number of anilines is 1. The average Bonchev–Trinajstić information content (AvgIpc) is 3.62. The first-order valence-corrected chi connectivity index (χ1v) is 13.0. The first-order valence-electron chi connectivity index (χ1n) is 13.0. The molecule has 1 aliphatic heterocycles. The largest absolute Gasteiger partial charge is 0.481 e. The smallest absolute Gasteiger partial charge is 0.303 e. The second-order valence-electron chi connectivity index (χ2n) is 10.3. The second kappa shape index (κ2) is 9.08. The number of nitrogens with zero attached hydrogens (tertiary/aromatic N) is 2. The monoisotopic (exact) mass is 482 g/mol. The molecule has 3 aromatic carbocycles. The van der Waals surface area contributed by atoms with Crippen molar-refractivity contribution >= 4 is 34.2 Å². The maximum Gasteiger partial charge on any atom is 0.303 e. The van der Waals surface area contributed by atoms with E-state index in [1.165, 1.54) is 0 Å². The molecule has 2 aliphatic carbocycles. The van der Waals surface area contributed by atoms with Crippen molar-refractivity contribution in [1.29, 1.82) is 0 Å². The summed E-state index contributed by atoms with van der Waals surface area (Å²) in [5.74, 6) is -0.897. The Bertz CT molecular complexity index is 1350. The van der Waals surface area contributed by atoms with Crippen molar-refractivity contribution in [3.05, 3.63) is 77.9 Å². The number of carbonyl (C=O) groups is 3. The quantitative estimate of drug-likeness (QED) is 0.499. The zero-order valence-corrected chi connectivity index (χ0v) is 20.2. The predicted octanol–water partition coefficient (Wildman–Crippen LogP) is 5.57. The highest BCUT2D eigenvalue weighted by Crippen LogP contribution is 2.53. The first-order chi connectivity index (χ1) is 17.5. The van der Waals surface area contributed by atoms with Crippen molar-refractivity contribution in [3.63, 3.8) is 0 Å². The van der Waals surface area contributed by atoms with Crippen LogP contribution in [-0.2, 0) is 9.59 Å². The zero-order chi connectivity index (χ0) is 24.8. The molecule has 6 heteroatoms. The topological polar surface area (TPSA) is 77.9 Å². The van der Waals surface area contributed by atoms with Crippen LogP contribution in [0.1, 0.15) is 66.9 Å². The molecule has 1 heterocycles. The van der Waals surface area contributed by atoms with E-state index in [0.717, 1.165) is 54.1 Å². The van der Waals surface area contributed by atoms with Gasteiger partial charge in [-0.25, -0.2) is 0 Å². The first kappa shape index (κ1) is 22.8. The minimum absolute atomic E-state index is 0.00118. The molecule has 6 rings (SSSR count). The van der Waals surface area contributed by atoms with Gasteiger partial charge in [-0.1, -0.05) is 55.0 Å². The lowest BCUT2D eigenvalue weighted by molar-refractivity contribution is -0.142. The van der Waals surface area contributed by atoms with Crippen molar-refractivity contribution in [2.45, 2.75) is 63.1 Å². The third-order valence-electron chi connectivity index (χ3n) is 8.08. The van der Waals surface area contributed by atoms with Crippen LogP contribution in [0.3, 0.4) is 0 Å². The molecule has 2 fully saturated rings. The fourth-order valence-electron chi connectivity index (χ4n) is 6.38. The molecule has 0 saturated heterocycles. The number of rotatable bonds is 6. The van der Waals surface area contributed by atoms with Gasteiger partial charge in [-0.05, 0) is 60.2 Å². The minimum Gasteiger partial charge on any atom is -0.481 e. The molecule has 0 radical (unpaired) electrons. The van der Waals surface area contributed by atoms with Crippen LogP contribution in [0.5, 0.6) is 0 Å². The molecule has 2 saturated carbocycles. The lowest BCUT2D eigenvalue weighted by Gasteiger charge is -2.48. The number of hydrogen-bond acceptors (Lipinski definition) is 3. The van der Waals surface area contributed by atoms with Gasteiger partial charge in [0.1, 0.15) is 0 Å². The number of para-hydroxylation sites is 1. The van der Waals surface area contributed by atoms with Crippen LogP contribution in [0.25, 0.3) is 10.8 Å². The van der Waals surface area contributed by atoms with Crippen LogP contribution in [-0.4, -0.2) is 39.9 Å². The number of amides is 2. The molecule has 0 spiro atoms. The predicted molar refractivity (Wildman–Crippen MR) is 138 cm³/mol. The van der Waals surface area contributed by atoms with E-state index in [4.69, 9.17) is 0 Å². The molecule has 6 nitrogen and oxygen atoms in total. The highest BCUT2D eigenvalue weighted by atomic mass is 16.4. The SMILES string of the molecule is O=C(O)CCC(=O)N(C1CC1)C1c2ccccc2N(C(=O)c2ccc3ccccc3c2)C2CCCC21. The van der Waals surface area contributed by atoms with Crippen LogP contribution < -0.4 is 4.90 Å². The van der Waals surface area contributed by atoms with Gasteiger partial charge in [-0.2, -0.15) is 0 Å². The van der Waals surface area contributed by atoms with Gasteiger partial charge in [0.05, 0.1) is 12.5 Å². The summed E-state index contributed by atoms with van der Waals surface area (Å²) in [5, 5.41) is 11.3. The lowest BCUT2D eigenvalue weighted by atomic mass is 9.81. The number of benzene rings is 3. The Labute approximate surface area is 210 Å². The molecule has 1 N–H and O–H groups in total. The highest BCUT2D eigenvalue weighted by molar-refractivity contribution is 6.09. The summed E-state index contributed by atoms with van der Waals surface area (Å²) < 4.78 is 0. The van der Waals surface area contributed by atoms with Crippen LogP contribution in [0, 0.1) is 5.92 Å². The maximum atomic E-state index is 14.1. The van der Waals surface area contributed by atoms with Gasteiger partial charge in [0.25, 0.3) is 5.91 Å². The van der Waals surface area contributed by atoms with Crippen LogP contribution >= 0.6 is 0 Å². The normalized spacial score (nSPS) is 22.7. The van der Waals surface area contributed by atoms with Crippen molar-refractivity contribution in [3.8, 4) is 0 Å². The summed E-state index contributed by atoms with van der Waals surface area (Å²) in [6.07, 6.45) is 4.61. The number of aliphatic carboxylic acids is 1. The van der Waals surface area contributed by atoms with Crippen LogP contribution in [0.15, 0.2) is 66.7 Å². The number of hydrogen-bond donors (Lipinski definition) is 1. The molecule has 3 aromatic rings. The number of carboxylic acids is 1. The minimum atomic E-state index is -0.950. The number of fused-ring (bicyclic) bond motifs is 3. The summed E-state index contributed by atoms with van der Waals surface area (Å²) in [5.41, 5.74) is 2.55. The van der Waals surface area contributed by atoms with Crippen LogP contribution in [0.4, 0.5) is 5.69 Å². The Hall–Kier alpha value is -3.67. The van der Waals surface area contributed by atoms with E-state index < -0.39 is 5.97 Å². The Kier molecular flexibility index (Phi) is 5.75. The van der Waals surface area contributed by atoms with Gasteiger partial charge < -0.3 is 14.9 Å². The Morgan fingerprint density at radius 3 is 2.39 bits per heavy atom. The van der Waals surface area contributed by atoms with Crippen molar-refractivity contribution < 1.29 is 19.5 Å². The van der Waals surface area contributed by atoms with E-state index in [9.17, 15) is 19.5 Å². The van der Waals surface area contributed by atoms with E-state index in [1.54, 1.807) is 0 Å². The van der Waals surface area contributed by atoms with E-state index >= 15 is 0 Å². The van der Waals surface area contributed by atoms with Crippen molar-refractivity contribution in [2.75, 3.05) is 4.90 Å². The molecule has 3 unspecified atom stereocenters. The zero-order valence-electron chi connectivity index (χ0n) is 20.2. The van der Waals surface area contributed by atoms with Crippen molar-refractivity contribution in [2.24, 2.45) is 5.92 Å². The number of carbonyl (C=O) groups excluding carboxylic acids is 2. The molecular formula is C30H30N2O4. The Balaban J connectivity index is 1.41. The summed E-state index contributed by atoms with van der Waals surface area (Å²) in [4.78, 5) is 42.6. The fourth-order valence-corrected chi connectivity index (χ4v) is 6.38. The van der Waals surface area contributed by atoms with Gasteiger partial charge in [-0.15, -0.1) is 0 Å². The third kappa shape index (κ3) is 3.94. The summed E-state index contributed by atoms with van der Waals surface area (Å²) in [6, 6.07) is 22.0. The summed E-state index contributed by atoms with van der Waals surface area (Å²) in [6.45, 7) is 0. The molecule has 36 heavy (non-hydrogen) atoms. The van der Waals surface area contributed by atoms with Gasteiger partial charge in [0.2, 0.25) is 5.91 Å². The molecule has 3 aliphatic rings. The number of carboxylic acid groups (broad SMARTS) is 1. The Morgan fingerprint density at radius 1 is 0.861 bits per heavy atom. The van der Waals surface area contributed by atoms with Gasteiger partial charge in [0.15, 0.2) is 0 Å². The standard InChI is InChI=1S/C30H30N2O4/c33-27(16-17-28(34)35)31(22-14-15-22)29-23-8-3-4-10-25(23)32(26-11-5-9-24(26)29)30(36)21-13-12-19-6-1-2-7-20(19)18-21/h1-4,6-8,10,12-13,18,22,24,26,29H,5,9,11,14-17H2,(H,34,35). The second-order valence-corrected chi connectivity index (χ2v) is 10.3. The van der Waals surface area contributed by atoms with Crippen LogP contribution in [0.2, 0.25) is 0 Å².